The molecule has 2 rings (SSSR count). The number of carbonyl (C=O) groups excluding carboxylic acids is 1. The number of benzene rings is 1. The Bertz CT molecular complexity index is 832. The number of carbonyl (C=O) groups is 1. The van der Waals surface area contributed by atoms with Crippen molar-refractivity contribution in [3.8, 4) is 5.75 Å². The molecule has 1 heterocycles. The second-order valence-electron chi connectivity index (χ2n) is 14.2. The fourth-order valence-electron chi connectivity index (χ4n) is 5.62. The molecular weight excluding hydrogens is 434 g/mol. The van der Waals surface area contributed by atoms with Crippen LogP contribution in [0.15, 0.2) is 12.1 Å². The minimum atomic E-state index is -0.190. The molecule has 0 spiro atoms. The maximum Gasteiger partial charge on any atom is 0.309 e. The number of rotatable bonds is 7. The number of likely N-dealkylation sites (tertiary alicyclic amines) is 1. The van der Waals surface area contributed by atoms with Gasteiger partial charge in [-0.25, -0.2) is 0 Å². The topological polar surface area (TPSA) is 49.8 Å². The van der Waals surface area contributed by atoms with Crippen molar-refractivity contribution in [3.05, 3.63) is 28.8 Å². The third-order valence-corrected chi connectivity index (χ3v) is 8.06. The molecule has 1 fully saturated rings. The van der Waals surface area contributed by atoms with E-state index in [1.54, 1.807) is 0 Å². The Hall–Kier alpha value is -1.55. The average Bonchev–Trinajstić information content (AvgIpc) is 2.67. The molecule has 1 aliphatic heterocycles. The quantitative estimate of drug-likeness (QED) is 0.404. The zero-order valence-electron chi connectivity index (χ0n) is 24.8. The van der Waals surface area contributed by atoms with Gasteiger partial charge in [0.1, 0.15) is 11.9 Å². The van der Waals surface area contributed by atoms with Gasteiger partial charge in [0.05, 0.1) is 5.92 Å². The number of piperidine rings is 1. The highest BCUT2D eigenvalue weighted by atomic mass is 16.5. The summed E-state index contributed by atoms with van der Waals surface area (Å²) < 4.78 is 6.25. The van der Waals surface area contributed by atoms with Crippen LogP contribution in [0.25, 0.3) is 0 Å². The predicted molar refractivity (Wildman–Crippen MR) is 147 cm³/mol. The largest absolute Gasteiger partial charge is 0.507 e. The first-order valence-electron chi connectivity index (χ1n) is 13.6. The molecule has 35 heavy (non-hydrogen) atoms. The van der Waals surface area contributed by atoms with Gasteiger partial charge in [0.25, 0.3) is 0 Å². The van der Waals surface area contributed by atoms with E-state index in [1.165, 1.54) is 0 Å². The van der Waals surface area contributed by atoms with Crippen LogP contribution in [0.4, 0.5) is 0 Å². The van der Waals surface area contributed by atoms with Crippen LogP contribution in [0.5, 0.6) is 5.75 Å². The maximum absolute atomic E-state index is 13.6. The van der Waals surface area contributed by atoms with Crippen molar-refractivity contribution in [3.63, 3.8) is 0 Å². The third-order valence-electron chi connectivity index (χ3n) is 8.06. The van der Waals surface area contributed by atoms with Crippen molar-refractivity contribution in [1.82, 2.24) is 4.90 Å². The standard InChI is InChI=1S/C31H53NO3/c1-13-14-15-22(27(34)35-23-19-30(8,9)32(12)31(10,11)20-23)16-21-17-24(28(2,3)4)26(33)25(18-21)29(5,6)7/h17-18,22-23,33H,13-16,19-20H2,1-12H3. The van der Waals surface area contributed by atoms with Gasteiger partial charge >= 0.3 is 5.97 Å². The molecule has 1 atom stereocenters. The zero-order chi connectivity index (χ0) is 27.0. The van der Waals surface area contributed by atoms with Crippen LogP contribution in [-0.2, 0) is 26.8 Å². The van der Waals surface area contributed by atoms with Crippen molar-refractivity contribution in [2.75, 3.05) is 7.05 Å². The lowest BCUT2D eigenvalue weighted by atomic mass is 9.77. The first-order valence-corrected chi connectivity index (χ1v) is 13.6. The number of unbranched alkanes of at least 4 members (excludes halogenated alkanes) is 1. The summed E-state index contributed by atoms with van der Waals surface area (Å²) in [6.07, 6.45) is 5.15. The van der Waals surface area contributed by atoms with E-state index >= 15 is 0 Å². The van der Waals surface area contributed by atoms with Gasteiger partial charge in [-0.1, -0.05) is 73.4 Å². The lowest BCUT2D eigenvalue weighted by Gasteiger charge is -2.53. The van der Waals surface area contributed by atoms with E-state index in [1.807, 2.05) is 0 Å². The number of nitrogens with zero attached hydrogens (tertiary/aromatic N) is 1. The Morgan fingerprint density at radius 1 is 1.03 bits per heavy atom. The van der Waals surface area contributed by atoms with Crippen molar-refractivity contribution in [2.45, 2.75) is 143 Å². The van der Waals surface area contributed by atoms with E-state index in [-0.39, 0.29) is 39.9 Å². The second-order valence-corrected chi connectivity index (χ2v) is 14.2. The highest BCUT2D eigenvalue weighted by Gasteiger charge is 2.44. The molecular formula is C31H53NO3. The fourth-order valence-corrected chi connectivity index (χ4v) is 5.62. The summed E-state index contributed by atoms with van der Waals surface area (Å²) >= 11 is 0. The summed E-state index contributed by atoms with van der Waals surface area (Å²) in [6, 6.07) is 4.22. The van der Waals surface area contributed by atoms with E-state index in [9.17, 15) is 9.90 Å². The van der Waals surface area contributed by atoms with Crippen LogP contribution in [0, 0.1) is 5.92 Å². The van der Waals surface area contributed by atoms with Crippen LogP contribution >= 0.6 is 0 Å². The molecule has 1 aromatic rings. The summed E-state index contributed by atoms with van der Waals surface area (Å²) in [7, 11) is 2.17. The molecule has 0 bridgehead atoms. The van der Waals surface area contributed by atoms with Crippen LogP contribution in [0.3, 0.4) is 0 Å². The van der Waals surface area contributed by atoms with Crippen molar-refractivity contribution in [1.29, 1.82) is 0 Å². The molecule has 0 radical (unpaired) electrons. The smallest absolute Gasteiger partial charge is 0.309 e. The summed E-state index contributed by atoms with van der Waals surface area (Å²) in [5.74, 6) is 0.144. The number of phenols is 1. The minimum absolute atomic E-state index is 0.0220. The highest BCUT2D eigenvalue weighted by molar-refractivity contribution is 5.73. The molecule has 0 aliphatic carbocycles. The zero-order valence-corrected chi connectivity index (χ0v) is 24.8. The summed E-state index contributed by atoms with van der Waals surface area (Å²) in [4.78, 5) is 16.0. The molecule has 1 unspecified atom stereocenters. The number of esters is 1. The second kappa shape index (κ2) is 10.4. The van der Waals surface area contributed by atoms with Crippen molar-refractivity contribution < 1.29 is 14.6 Å². The molecule has 4 heteroatoms. The molecule has 1 N–H and O–H groups in total. The van der Waals surface area contributed by atoms with Gasteiger partial charge < -0.3 is 9.84 Å². The van der Waals surface area contributed by atoms with Gasteiger partial charge in [-0.05, 0) is 75.1 Å². The lowest BCUT2D eigenvalue weighted by molar-refractivity contribution is -0.164. The number of ether oxygens (including phenoxy) is 1. The minimum Gasteiger partial charge on any atom is -0.507 e. The van der Waals surface area contributed by atoms with Gasteiger partial charge in [0, 0.05) is 23.9 Å². The molecule has 0 aromatic heterocycles. The Morgan fingerprint density at radius 2 is 1.49 bits per heavy atom. The number of aromatic hydroxyl groups is 1. The van der Waals surface area contributed by atoms with Crippen molar-refractivity contribution >= 4 is 5.97 Å². The van der Waals surface area contributed by atoms with Gasteiger partial charge in [0.2, 0.25) is 0 Å². The van der Waals surface area contributed by atoms with Gasteiger partial charge in [-0.15, -0.1) is 0 Å². The van der Waals surface area contributed by atoms with Gasteiger partial charge in [0.15, 0.2) is 0 Å². The van der Waals surface area contributed by atoms with E-state index in [0.717, 1.165) is 48.8 Å². The Kier molecular flexibility index (Phi) is 8.85. The molecule has 200 valence electrons. The molecule has 0 amide bonds. The number of hydrogen-bond donors (Lipinski definition) is 1. The van der Waals surface area contributed by atoms with Crippen LogP contribution in [-0.4, -0.2) is 40.2 Å². The van der Waals surface area contributed by atoms with E-state index in [4.69, 9.17) is 4.74 Å². The van der Waals surface area contributed by atoms with Crippen LogP contribution in [0.2, 0.25) is 0 Å². The SMILES string of the molecule is CCCCC(Cc1cc(C(C)(C)C)c(O)c(C(C)(C)C)c1)C(=O)OC1CC(C)(C)N(C)C(C)(C)C1. The van der Waals surface area contributed by atoms with Crippen LogP contribution in [0.1, 0.15) is 125 Å². The molecule has 1 aromatic carbocycles. The molecule has 1 aliphatic rings. The third kappa shape index (κ3) is 7.24. The molecule has 4 nitrogen and oxygen atoms in total. The maximum atomic E-state index is 13.6. The fraction of sp³-hybridized carbons (Fsp3) is 0.774. The molecule has 0 saturated carbocycles. The predicted octanol–water partition coefficient (Wildman–Crippen LogP) is 7.53. The first kappa shape index (κ1) is 29.7. The Labute approximate surface area is 215 Å². The molecule has 1 saturated heterocycles. The highest BCUT2D eigenvalue weighted by Crippen LogP contribution is 2.41. The normalized spacial score (nSPS) is 20.0. The van der Waals surface area contributed by atoms with Gasteiger partial charge in [-0.3, -0.25) is 9.69 Å². The van der Waals surface area contributed by atoms with Gasteiger partial charge in [-0.2, -0.15) is 0 Å². The van der Waals surface area contributed by atoms with Crippen LogP contribution < -0.4 is 0 Å². The monoisotopic (exact) mass is 487 g/mol. The summed E-state index contributed by atoms with van der Waals surface area (Å²) in [5, 5.41) is 11.1. The number of phenolic OH excluding ortho intramolecular Hbond substituents is 1. The van der Waals surface area contributed by atoms with E-state index < -0.39 is 0 Å². The van der Waals surface area contributed by atoms with Crippen molar-refractivity contribution in [2.24, 2.45) is 5.92 Å². The Balaban J connectivity index is 2.36. The lowest BCUT2D eigenvalue weighted by Crippen LogP contribution is -2.60. The number of hydrogen-bond acceptors (Lipinski definition) is 4. The summed E-state index contributed by atoms with van der Waals surface area (Å²) in [6.45, 7) is 23.9. The summed E-state index contributed by atoms with van der Waals surface area (Å²) in [5.41, 5.74) is 2.58. The first-order chi connectivity index (χ1) is 15.8. The van der Waals surface area contributed by atoms with E-state index in [2.05, 4.69) is 100 Å². The average molecular weight is 488 g/mol. The Morgan fingerprint density at radius 3 is 1.89 bits per heavy atom. The van der Waals surface area contributed by atoms with E-state index in [0.29, 0.717) is 12.2 Å².